The third kappa shape index (κ3) is 3.10. The number of aryl methyl sites for hydroxylation is 1. The van der Waals surface area contributed by atoms with Crippen molar-refractivity contribution in [1.82, 2.24) is 15.1 Å². The van der Waals surface area contributed by atoms with Gasteiger partial charge in [0.1, 0.15) is 0 Å². The number of methoxy groups -OCH3 is 1. The highest BCUT2D eigenvalue weighted by Crippen LogP contribution is 2.52. The van der Waals surface area contributed by atoms with E-state index in [1.165, 1.54) is 37.8 Å². The maximum atomic E-state index is 5.60. The molecule has 1 aromatic heterocycles. The van der Waals surface area contributed by atoms with Crippen LogP contribution in [0.15, 0.2) is 6.20 Å². The van der Waals surface area contributed by atoms with Crippen LogP contribution in [0, 0.1) is 11.3 Å². The van der Waals surface area contributed by atoms with Crippen molar-refractivity contribution in [2.45, 2.75) is 65.5 Å². The molecule has 4 nitrogen and oxygen atoms in total. The lowest BCUT2D eigenvalue weighted by molar-refractivity contribution is 0.152. The van der Waals surface area contributed by atoms with Gasteiger partial charge in [-0.3, -0.25) is 4.68 Å². The van der Waals surface area contributed by atoms with Gasteiger partial charge in [0.15, 0.2) is 5.75 Å². The van der Waals surface area contributed by atoms with Gasteiger partial charge in [0.05, 0.1) is 25.0 Å². The van der Waals surface area contributed by atoms with E-state index in [9.17, 15) is 0 Å². The van der Waals surface area contributed by atoms with Gasteiger partial charge in [-0.15, -0.1) is 0 Å². The lowest BCUT2D eigenvalue weighted by Crippen LogP contribution is -2.37. The lowest BCUT2D eigenvalue weighted by Gasteiger charge is -2.39. The van der Waals surface area contributed by atoms with Crippen LogP contribution < -0.4 is 10.1 Å². The van der Waals surface area contributed by atoms with Gasteiger partial charge in [-0.05, 0) is 44.6 Å². The zero-order valence-electron chi connectivity index (χ0n) is 14.3. The van der Waals surface area contributed by atoms with Crippen molar-refractivity contribution in [3.05, 3.63) is 11.9 Å². The Morgan fingerprint density at radius 2 is 2.05 bits per heavy atom. The van der Waals surface area contributed by atoms with Crippen molar-refractivity contribution >= 4 is 0 Å². The Kier molecular flexibility index (Phi) is 5.31. The molecule has 0 radical (unpaired) electrons. The summed E-state index contributed by atoms with van der Waals surface area (Å²) in [5, 5.41) is 8.11. The second-order valence-corrected chi connectivity index (χ2v) is 6.80. The van der Waals surface area contributed by atoms with Crippen molar-refractivity contribution in [2.24, 2.45) is 11.3 Å². The number of ether oxygens (including phenoxy) is 1. The van der Waals surface area contributed by atoms with Crippen LogP contribution in [0.5, 0.6) is 5.75 Å². The molecule has 120 valence electrons. The smallest absolute Gasteiger partial charge is 0.161 e. The Bertz CT molecular complexity index is 425. The predicted molar refractivity (Wildman–Crippen MR) is 86.6 cm³/mol. The zero-order valence-corrected chi connectivity index (χ0v) is 14.3. The van der Waals surface area contributed by atoms with E-state index in [4.69, 9.17) is 4.74 Å². The quantitative estimate of drug-likeness (QED) is 0.831. The topological polar surface area (TPSA) is 39.1 Å². The highest BCUT2D eigenvalue weighted by atomic mass is 16.5. The summed E-state index contributed by atoms with van der Waals surface area (Å²) in [7, 11) is 3.83. The highest BCUT2D eigenvalue weighted by Gasteiger charge is 2.44. The molecule has 4 heteroatoms. The van der Waals surface area contributed by atoms with Crippen molar-refractivity contribution in [3.8, 4) is 5.75 Å². The minimum atomic E-state index is 0.319. The van der Waals surface area contributed by atoms with Gasteiger partial charge in [-0.25, -0.2) is 0 Å². The van der Waals surface area contributed by atoms with E-state index in [1.807, 2.05) is 6.20 Å². The van der Waals surface area contributed by atoms with Crippen LogP contribution in [0.2, 0.25) is 0 Å². The number of hydrogen-bond acceptors (Lipinski definition) is 3. The predicted octanol–water partition coefficient (Wildman–Crippen LogP) is 3.78. The molecule has 1 aromatic rings. The Morgan fingerprint density at radius 3 is 2.52 bits per heavy atom. The average Bonchev–Trinajstić information content (AvgIpc) is 3.06. The third-order valence-corrected chi connectivity index (χ3v) is 4.95. The standard InChI is InChI=1S/C17H31N3O/c1-6-20-15(14(21-5)12-19-20)16(18-4)17(11-13(2)3)9-7-8-10-17/h12-13,16,18H,6-11H2,1-5H3. The molecule has 0 aromatic carbocycles. The van der Waals surface area contributed by atoms with E-state index < -0.39 is 0 Å². The van der Waals surface area contributed by atoms with E-state index >= 15 is 0 Å². The maximum absolute atomic E-state index is 5.60. The summed E-state index contributed by atoms with van der Waals surface area (Å²) in [5.41, 5.74) is 1.56. The van der Waals surface area contributed by atoms with Gasteiger partial charge >= 0.3 is 0 Å². The van der Waals surface area contributed by atoms with Crippen LogP contribution in [0.25, 0.3) is 0 Å². The Balaban J connectivity index is 2.43. The lowest BCUT2D eigenvalue weighted by atomic mass is 9.71. The first-order valence-corrected chi connectivity index (χ1v) is 8.35. The van der Waals surface area contributed by atoms with E-state index in [2.05, 4.69) is 42.9 Å². The van der Waals surface area contributed by atoms with E-state index in [0.29, 0.717) is 17.4 Å². The molecular formula is C17H31N3O. The van der Waals surface area contributed by atoms with Crippen molar-refractivity contribution in [2.75, 3.05) is 14.2 Å². The fourth-order valence-corrected chi connectivity index (χ4v) is 4.31. The van der Waals surface area contributed by atoms with Gasteiger partial charge in [0.25, 0.3) is 0 Å². The third-order valence-electron chi connectivity index (χ3n) is 4.95. The SMILES string of the molecule is CCn1ncc(OC)c1C(NC)C1(CC(C)C)CCCC1. The average molecular weight is 293 g/mol. The Labute approximate surface area is 129 Å². The molecule has 1 fully saturated rings. The fraction of sp³-hybridized carbons (Fsp3) is 0.824. The molecule has 1 aliphatic carbocycles. The second kappa shape index (κ2) is 6.82. The molecule has 1 aliphatic rings. The van der Waals surface area contributed by atoms with Crippen LogP contribution in [-0.4, -0.2) is 23.9 Å². The number of aromatic nitrogens is 2. The van der Waals surface area contributed by atoms with Gasteiger partial charge in [0.2, 0.25) is 0 Å². The van der Waals surface area contributed by atoms with E-state index in [-0.39, 0.29) is 0 Å². The molecule has 0 saturated heterocycles. The van der Waals surface area contributed by atoms with Crippen LogP contribution in [0.1, 0.15) is 64.6 Å². The zero-order chi connectivity index (χ0) is 15.5. The first kappa shape index (κ1) is 16.3. The number of nitrogens with one attached hydrogen (secondary N) is 1. The van der Waals surface area contributed by atoms with Crippen molar-refractivity contribution in [1.29, 1.82) is 0 Å². The summed E-state index contributed by atoms with van der Waals surface area (Å²) in [4.78, 5) is 0. The Morgan fingerprint density at radius 1 is 1.38 bits per heavy atom. The Hall–Kier alpha value is -1.03. The maximum Gasteiger partial charge on any atom is 0.161 e. The van der Waals surface area contributed by atoms with Crippen LogP contribution in [0.3, 0.4) is 0 Å². The molecule has 0 amide bonds. The van der Waals surface area contributed by atoms with Crippen LogP contribution in [0.4, 0.5) is 0 Å². The number of rotatable bonds is 7. The van der Waals surface area contributed by atoms with Crippen molar-refractivity contribution in [3.63, 3.8) is 0 Å². The summed E-state index contributed by atoms with van der Waals surface area (Å²) >= 11 is 0. The molecule has 1 heterocycles. The van der Waals surface area contributed by atoms with Gasteiger partial charge in [0, 0.05) is 6.54 Å². The molecule has 21 heavy (non-hydrogen) atoms. The van der Waals surface area contributed by atoms with Gasteiger partial charge in [-0.2, -0.15) is 5.10 Å². The number of hydrogen-bond donors (Lipinski definition) is 1. The molecule has 2 rings (SSSR count). The van der Waals surface area contributed by atoms with Crippen LogP contribution >= 0.6 is 0 Å². The number of nitrogens with zero attached hydrogens (tertiary/aromatic N) is 2. The van der Waals surface area contributed by atoms with Crippen molar-refractivity contribution < 1.29 is 4.74 Å². The summed E-state index contributed by atoms with van der Waals surface area (Å²) in [5.74, 6) is 1.63. The largest absolute Gasteiger partial charge is 0.493 e. The first-order valence-electron chi connectivity index (χ1n) is 8.35. The van der Waals surface area contributed by atoms with Crippen LogP contribution in [-0.2, 0) is 6.54 Å². The fourth-order valence-electron chi connectivity index (χ4n) is 4.31. The molecular weight excluding hydrogens is 262 g/mol. The highest BCUT2D eigenvalue weighted by molar-refractivity contribution is 5.30. The molecule has 1 unspecified atom stereocenters. The minimum Gasteiger partial charge on any atom is -0.493 e. The normalized spacial score (nSPS) is 19.1. The van der Waals surface area contributed by atoms with Gasteiger partial charge in [-0.1, -0.05) is 26.7 Å². The molecule has 1 saturated carbocycles. The summed E-state index contributed by atoms with van der Waals surface area (Å²) in [6, 6.07) is 0.319. The molecule has 1 atom stereocenters. The summed E-state index contributed by atoms with van der Waals surface area (Å²) < 4.78 is 7.69. The molecule has 0 spiro atoms. The first-order chi connectivity index (χ1) is 10.1. The monoisotopic (exact) mass is 293 g/mol. The van der Waals surface area contributed by atoms with E-state index in [1.54, 1.807) is 7.11 Å². The molecule has 0 aliphatic heterocycles. The summed E-state index contributed by atoms with van der Waals surface area (Å²) in [6.07, 6.45) is 8.40. The molecule has 1 N–H and O–H groups in total. The molecule has 0 bridgehead atoms. The summed E-state index contributed by atoms with van der Waals surface area (Å²) in [6.45, 7) is 7.70. The second-order valence-electron chi connectivity index (χ2n) is 6.80. The minimum absolute atomic E-state index is 0.319. The van der Waals surface area contributed by atoms with E-state index in [0.717, 1.165) is 12.3 Å². The van der Waals surface area contributed by atoms with Gasteiger partial charge < -0.3 is 10.1 Å².